The average molecular weight is 341 g/mol. The minimum absolute atomic E-state index is 0.591. The molecule has 0 bridgehead atoms. The Morgan fingerprint density at radius 3 is 2.63 bits per heavy atom. The topological polar surface area (TPSA) is 35.2 Å². The van der Waals surface area contributed by atoms with Crippen molar-refractivity contribution < 1.29 is 4.74 Å². The van der Waals surface area contributed by atoms with Gasteiger partial charge >= 0.3 is 0 Å². The number of aryl methyl sites for hydroxylation is 1. The summed E-state index contributed by atoms with van der Waals surface area (Å²) in [5, 5.41) is 0.591. The van der Waals surface area contributed by atoms with Crippen LogP contribution in [-0.2, 0) is 6.42 Å². The second-order valence-electron chi connectivity index (χ2n) is 4.32. The van der Waals surface area contributed by atoms with Crippen LogP contribution >= 0.6 is 27.5 Å². The van der Waals surface area contributed by atoms with E-state index in [4.69, 9.17) is 22.1 Å². The van der Waals surface area contributed by atoms with Crippen molar-refractivity contribution in [2.24, 2.45) is 5.73 Å². The second kappa shape index (κ2) is 6.42. The molecule has 2 aromatic rings. The van der Waals surface area contributed by atoms with Crippen LogP contribution in [0.4, 0.5) is 0 Å². The third-order valence-electron chi connectivity index (χ3n) is 2.79. The molecule has 0 spiro atoms. The summed E-state index contributed by atoms with van der Waals surface area (Å²) < 4.78 is 6.80. The molecule has 0 aliphatic carbocycles. The zero-order chi connectivity index (χ0) is 13.8. The number of rotatable bonds is 4. The van der Waals surface area contributed by atoms with Gasteiger partial charge in [0.2, 0.25) is 0 Å². The van der Waals surface area contributed by atoms with E-state index < -0.39 is 0 Å². The summed E-state index contributed by atoms with van der Waals surface area (Å²) in [6.07, 6.45) is 0.874. The van der Waals surface area contributed by atoms with Crippen molar-refractivity contribution in [3.63, 3.8) is 0 Å². The van der Waals surface area contributed by atoms with Crippen molar-refractivity contribution in [3.8, 4) is 11.5 Å². The minimum atomic E-state index is 0.591. The highest BCUT2D eigenvalue weighted by atomic mass is 79.9. The Labute approximate surface area is 126 Å². The van der Waals surface area contributed by atoms with Gasteiger partial charge in [-0.1, -0.05) is 39.7 Å². The first-order chi connectivity index (χ1) is 9.10. The summed E-state index contributed by atoms with van der Waals surface area (Å²) in [6.45, 7) is 2.67. The lowest BCUT2D eigenvalue weighted by Gasteiger charge is -2.11. The lowest BCUT2D eigenvalue weighted by atomic mass is 10.1. The summed E-state index contributed by atoms with van der Waals surface area (Å²) >= 11 is 9.52. The molecule has 0 atom stereocenters. The normalized spacial score (nSPS) is 10.5. The molecule has 2 aromatic carbocycles. The van der Waals surface area contributed by atoms with E-state index >= 15 is 0 Å². The van der Waals surface area contributed by atoms with Crippen LogP contribution in [0.25, 0.3) is 0 Å². The predicted molar refractivity (Wildman–Crippen MR) is 83.2 cm³/mol. The molecule has 2 rings (SSSR count). The van der Waals surface area contributed by atoms with Gasteiger partial charge in [-0.2, -0.15) is 0 Å². The third-order valence-corrected chi connectivity index (χ3v) is 3.59. The van der Waals surface area contributed by atoms with Gasteiger partial charge in [-0.15, -0.1) is 0 Å². The van der Waals surface area contributed by atoms with Crippen LogP contribution in [-0.4, -0.2) is 6.54 Å². The molecule has 0 aliphatic rings. The van der Waals surface area contributed by atoms with Gasteiger partial charge < -0.3 is 10.5 Å². The number of benzene rings is 2. The van der Waals surface area contributed by atoms with Crippen molar-refractivity contribution in [1.82, 2.24) is 0 Å². The van der Waals surface area contributed by atoms with E-state index in [1.54, 1.807) is 6.07 Å². The van der Waals surface area contributed by atoms with E-state index in [9.17, 15) is 0 Å². The number of hydrogen-bond acceptors (Lipinski definition) is 2. The van der Waals surface area contributed by atoms with E-state index in [2.05, 4.69) is 22.0 Å². The van der Waals surface area contributed by atoms with Gasteiger partial charge in [-0.25, -0.2) is 0 Å². The van der Waals surface area contributed by atoms with Gasteiger partial charge in [0.15, 0.2) is 0 Å². The molecule has 0 heterocycles. The zero-order valence-electron chi connectivity index (χ0n) is 10.6. The molecule has 0 radical (unpaired) electrons. The first kappa shape index (κ1) is 14.4. The summed E-state index contributed by atoms with van der Waals surface area (Å²) in [5.74, 6) is 1.45. The molecule has 0 aliphatic heterocycles. The molecule has 4 heteroatoms. The Balaban J connectivity index is 2.25. The fourth-order valence-corrected chi connectivity index (χ4v) is 2.32. The number of halogens is 2. The molecule has 0 saturated heterocycles. The Hall–Kier alpha value is -1.03. The van der Waals surface area contributed by atoms with Crippen LogP contribution in [0.1, 0.15) is 11.1 Å². The number of ether oxygens (including phenoxy) is 1. The first-order valence-electron chi connectivity index (χ1n) is 6.02. The van der Waals surface area contributed by atoms with Crippen LogP contribution in [0.3, 0.4) is 0 Å². The van der Waals surface area contributed by atoms with E-state index in [1.807, 2.05) is 31.2 Å². The van der Waals surface area contributed by atoms with Crippen molar-refractivity contribution in [3.05, 3.63) is 57.0 Å². The third kappa shape index (κ3) is 3.72. The molecule has 19 heavy (non-hydrogen) atoms. The molecule has 0 saturated carbocycles. The van der Waals surface area contributed by atoms with Crippen LogP contribution < -0.4 is 10.5 Å². The lowest BCUT2D eigenvalue weighted by Crippen LogP contribution is -2.02. The van der Waals surface area contributed by atoms with E-state index in [0.29, 0.717) is 17.3 Å². The summed E-state index contributed by atoms with van der Waals surface area (Å²) in [5.41, 5.74) is 7.84. The highest BCUT2D eigenvalue weighted by molar-refractivity contribution is 9.10. The van der Waals surface area contributed by atoms with Crippen LogP contribution in [0.15, 0.2) is 40.9 Å². The molecular formula is C15H15BrClNO. The highest BCUT2D eigenvalue weighted by Crippen LogP contribution is 2.33. The maximum absolute atomic E-state index is 6.12. The molecule has 0 aromatic heterocycles. The Morgan fingerprint density at radius 2 is 1.95 bits per heavy atom. The van der Waals surface area contributed by atoms with E-state index in [-0.39, 0.29) is 0 Å². The van der Waals surface area contributed by atoms with Crippen molar-refractivity contribution in [1.29, 1.82) is 0 Å². The molecular weight excluding hydrogens is 326 g/mol. The van der Waals surface area contributed by atoms with Crippen LogP contribution in [0.5, 0.6) is 11.5 Å². The molecule has 0 unspecified atom stereocenters. The lowest BCUT2D eigenvalue weighted by molar-refractivity contribution is 0.478. The number of nitrogens with two attached hydrogens (primary N) is 1. The number of hydrogen-bond donors (Lipinski definition) is 1. The quantitative estimate of drug-likeness (QED) is 0.875. The van der Waals surface area contributed by atoms with Gasteiger partial charge in [0.05, 0.1) is 5.02 Å². The van der Waals surface area contributed by atoms with Crippen molar-refractivity contribution in [2.45, 2.75) is 13.3 Å². The summed E-state index contributed by atoms with van der Waals surface area (Å²) in [6, 6.07) is 11.6. The molecule has 100 valence electrons. The van der Waals surface area contributed by atoms with E-state index in [1.165, 1.54) is 5.56 Å². The van der Waals surface area contributed by atoms with Gasteiger partial charge in [-0.05, 0) is 55.3 Å². The van der Waals surface area contributed by atoms with Gasteiger partial charge in [0.1, 0.15) is 11.5 Å². The fourth-order valence-electron chi connectivity index (χ4n) is 1.82. The van der Waals surface area contributed by atoms with Gasteiger partial charge in [-0.3, -0.25) is 0 Å². The van der Waals surface area contributed by atoms with Gasteiger partial charge in [0.25, 0.3) is 0 Å². The fraction of sp³-hybridized carbons (Fsp3) is 0.200. The van der Waals surface area contributed by atoms with E-state index in [0.717, 1.165) is 22.2 Å². The molecule has 0 amide bonds. The molecule has 0 fully saturated rings. The molecule has 2 nitrogen and oxygen atoms in total. The largest absolute Gasteiger partial charge is 0.455 e. The predicted octanol–water partition coefficient (Wildman–Crippen LogP) is 4.70. The Bertz CT molecular complexity index is 586. The minimum Gasteiger partial charge on any atom is -0.455 e. The van der Waals surface area contributed by atoms with Crippen molar-refractivity contribution in [2.75, 3.05) is 6.54 Å². The van der Waals surface area contributed by atoms with Crippen molar-refractivity contribution >= 4 is 27.5 Å². The zero-order valence-corrected chi connectivity index (χ0v) is 13.0. The Morgan fingerprint density at radius 1 is 1.16 bits per heavy atom. The Kier molecular flexibility index (Phi) is 4.86. The summed E-state index contributed by atoms with van der Waals surface area (Å²) in [7, 11) is 0. The summed E-state index contributed by atoms with van der Waals surface area (Å²) in [4.78, 5) is 0. The average Bonchev–Trinajstić information content (AvgIpc) is 2.37. The van der Waals surface area contributed by atoms with Crippen LogP contribution in [0.2, 0.25) is 5.02 Å². The smallest absolute Gasteiger partial charge is 0.147 e. The highest BCUT2D eigenvalue weighted by Gasteiger charge is 2.07. The van der Waals surface area contributed by atoms with Crippen LogP contribution in [0, 0.1) is 6.92 Å². The maximum atomic E-state index is 6.12. The standard InChI is InChI=1S/C15H15BrClNO/c1-10-8-11(6-7-18)2-5-14(10)19-15-9-12(16)3-4-13(15)17/h2-5,8-9H,6-7,18H2,1H3. The second-order valence-corrected chi connectivity index (χ2v) is 5.64. The SMILES string of the molecule is Cc1cc(CCN)ccc1Oc1cc(Br)ccc1Cl. The first-order valence-corrected chi connectivity index (χ1v) is 7.20. The monoisotopic (exact) mass is 339 g/mol. The molecule has 2 N–H and O–H groups in total. The maximum Gasteiger partial charge on any atom is 0.147 e. The van der Waals surface area contributed by atoms with Gasteiger partial charge in [0, 0.05) is 4.47 Å².